The number of pyridine rings is 1. The first-order valence-electron chi connectivity index (χ1n) is 9.99. The van der Waals surface area contributed by atoms with Crippen LogP contribution in [0.15, 0.2) is 53.1 Å². The van der Waals surface area contributed by atoms with Gasteiger partial charge in [-0.15, -0.1) is 10.2 Å². The molecule has 1 aromatic carbocycles. The van der Waals surface area contributed by atoms with E-state index in [1.165, 1.54) is 0 Å². The van der Waals surface area contributed by atoms with E-state index in [1.54, 1.807) is 6.92 Å². The molecule has 0 atom stereocenters. The number of hydrogen-bond acceptors (Lipinski definition) is 7. The predicted octanol–water partition coefficient (Wildman–Crippen LogP) is 3.09. The summed E-state index contributed by atoms with van der Waals surface area (Å²) in [5.74, 6) is 2.06. The average molecular weight is 401 g/mol. The van der Waals surface area contributed by atoms with Gasteiger partial charge < -0.3 is 25.4 Å². The Kier molecular flexibility index (Phi) is 4.68. The van der Waals surface area contributed by atoms with Gasteiger partial charge in [0.2, 0.25) is 11.8 Å². The lowest BCUT2D eigenvalue weighted by atomic mass is 10.1. The van der Waals surface area contributed by atoms with E-state index in [0.717, 1.165) is 65.8 Å². The summed E-state index contributed by atoms with van der Waals surface area (Å²) >= 11 is 0. The molecule has 152 valence electrons. The van der Waals surface area contributed by atoms with Crippen molar-refractivity contribution in [1.82, 2.24) is 25.5 Å². The van der Waals surface area contributed by atoms with Crippen LogP contribution in [0.1, 0.15) is 5.89 Å². The van der Waals surface area contributed by atoms with Crippen LogP contribution >= 0.6 is 0 Å². The molecule has 4 aromatic rings. The molecule has 0 aliphatic carbocycles. The molecule has 0 spiro atoms. The molecule has 0 saturated carbocycles. The van der Waals surface area contributed by atoms with Gasteiger partial charge >= 0.3 is 0 Å². The molecule has 0 unspecified atom stereocenters. The molecule has 3 aromatic heterocycles. The minimum atomic E-state index is 0.517. The number of benzene rings is 1. The van der Waals surface area contributed by atoms with Gasteiger partial charge in [-0.25, -0.2) is 0 Å². The van der Waals surface area contributed by atoms with E-state index in [9.17, 15) is 0 Å². The van der Waals surface area contributed by atoms with Crippen molar-refractivity contribution in [3.05, 3.63) is 54.6 Å². The van der Waals surface area contributed by atoms with Crippen LogP contribution in [0.2, 0.25) is 0 Å². The third-order valence-electron chi connectivity index (χ3n) is 5.28. The Morgan fingerprint density at radius 2 is 1.73 bits per heavy atom. The van der Waals surface area contributed by atoms with E-state index in [4.69, 9.17) is 10.2 Å². The second-order valence-corrected chi connectivity index (χ2v) is 7.36. The van der Waals surface area contributed by atoms with Gasteiger partial charge in [-0.2, -0.15) is 0 Å². The Balaban J connectivity index is 1.42. The number of aromatic nitrogens is 4. The number of hydrogen-bond donors (Lipinski definition) is 3. The second-order valence-electron chi connectivity index (χ2n) is 7.36. The number of aromatic amines is 1. The normalized spacial score (nSPS) is 14.2. The minimum absolute atomic E-state index is 0.517. The average Bonchev–Trinajstić information content (AvgIpc) is 3.40. The van der Waals surface area contributed by atoms with Crippen LogP contribution in [0.5, 0.6) is 0 Å². The summed E-state index contributed by atoms with van der Waals surface area (Å²) < 4.78 is 5.49. The quantitative estimate of drug-likeness (QED) is 0.482. The van der Waals surface area contributed by atoms with Crippen LogP contribution in [-0.4, -0.2) is 46.3 Å². The van der Waals surface area contributed by atoms with Crippen molar-refractivity contribution in [2.45, 2.75) is 6.92 Å². The third kappa shape index (κ3) is 3.53. The molecule has 1 aliphatic rings. The fourth-order valence-corrected chi connectivity index (χ4v) is 3.72. The summed E-state index contributed by atoms with van der Waals surface area (Å²) in [6.45, 7) is 5.59. The van der Waals surface area contributed by atoms with Crippen molar-refractivity contribution < 1.29 is 4.42 Å². The van der Waals surface area contributed by atoms with Crippen molar-refractivity contribution in [3.8, 4) is 34.0 Å². The standard InChI is InChI=1S/C22H23N7O/c1-14-27-28-22(30-14)16-4-2-15(3-5-16)19-12-17(6-7-25-19)20-13-18(23)21(26-20)29-10-8-24-9-11-29/h2-7,12-13,24,26H,8-11,23H2,1H3. The van der Waals surface area contributed by atoms with E-state index in [-0.39, 0.29) is 0 Å². The summed E-state index contributed by atoms with van der Waals surface area (Å²) in [7, 11) is 0. The van der Waals surface area contributed by atoms with Gasteiger partial charge in [-0.3, -0.25) is 4.98 Å². The number of nitrogens with one attached hydrogen (secondary N) is 2. The first-order chi connectivity index (χ1) is 14.7. The van der Waals surface area contributed by atoms with Crippen molar-refractivity contribution in [3.63, 3.8) is 0 Å². The lowest BCUT2D eigenvalue weighted by molar-refractivity contribution is 0.533. The van der Waals surface area contributed by atoms with E-state index >= 15 is 0 Å². The molecule has 0 radical (unpaired) electrons. The van der Waals surface area contributed by atoms with Gasteiger partial charge in [-0.05, 0) is 30.3 Å². The summed E-state index contributed by atoms with van der Waals surface area (Å²) in [5, 5.41) is 11.3. The smallest absolute Gasteiger partial charge is 0.247 e. The van der Waals surface area contributed by atoms with E-state index in [2.05, 4.69) is 36.4 Å². The fraction of sp³-hybridized carbons (Fsp3) is 0.227. The predicted molar refractivity (Wildman–Crippen MR) is 117 cm³/mol. The number of nitrogens with two attached hydrogens (primary N) is 1. The molecule has 1 saturated heterocycles. The monoisotopic (exact) mass is 401 g/mol. The number of piperazine rings is 1. The van der Waals surface area contributed by atoms with E-state index < -0.39 is 0 Å². The first-order valence-corrected chi connectivity index (χ1v) is 9.99. The van der Waals surface area contributed by atoms with Gasteiger partial charge in [-0.1, -0.05) is 12.1 Å². The Bertz CT molecular complexity index is 1160. The first kappa shape index (κ1) is 18.4. The maximum Gasteiger partial charge on any atom is 0.247 e. The van der Waals surface area contributed by atoms with Crippen molar-refractivity contribution in [1.29, 1.82) is 0 Å². The van der Waals surface area contributed by atoms with Gasteiger partial charge in [0.1, 0.15) is 5.82 Å². The van der Waals surface area contributed by atoms with Crippen LogP contribution in [0.3, 0.4) is 0 Å². The van der Waals surface area contributed by atoms with Crippen LogP contribution in [0, 0.1) is 6.92 Å². The zero-order valence-corrected chi connectivity index (χ0v) is 16.7. The van der Waals surface area contributed by atoms with Crippen LogP contribution in [0.25, 0.3) is 34.0 Å². The van der Waals surface area contributed by atoms with Crippen molar-refractivity contribution in [2.75, 3.05) is 36.8 Å². The zero-order valence-electron chi connectivity index (χ0n) is 16.7. The number of anilines is 2. The molecule has 30 heavy (non-hydrogen) atoms. The van der Waals surface area contributed by atoms with Crippen LogP contribution in [0.4, 0.5) is 11.5 Å². The number of H-pyrrole nitrogens is 1. The molecule has 1 aliphatic heterocycles. The number of nitrogen functional groups attached to an aromatic ring is 1. The molecule has 5 rings (SSSR count). The molecule has 0 bridgehead atoms. The maximum absolute atomic E-state index is 6.30. The number of aryl methyl sites for hydroxylation is 1. The Labute approximate surface area is 174 Å². The lowest BCUT2D eigenvalue weighted by Gasteiger charge is -2.28. The Hall–Kier alpha value is -3.65. The zero-order chi connectivity index (χ0) is 20.5. The van der Waals surface area contributed by atoms with Gasteiger partial charge in [0.05, 0.1) is 11.4 Å². The fourth-order valence-electron chi connectivity index (χ4n) is 3.72. The number of nitrogens with zero attached hydrogens (tertiary/aromatic N) is 4. The highest BCUT2D eigenvalue weighted by molar-refractivity contribution is 5.77. The SMILES string of the molecule is Cc1nnc(-c2ccc(-c3cc(-c4cc(N)c(N5CCNCC5)[nH]4)ccn3)cc2)o1. The van der Waals surface area contributed by atoms with E-state index in [1.807, 2.05) is 42.6 Å². The van der Waals surface area contributed by atoms with E-state index in [0.29, 0.717) is 11.8 Å². The molecule has 4 N–H and O–H groups in total. The van der Waals surface area contributed by atoms with Crippen molar-refractivity contribution in [2.24, 2.45) is 0 Å². The minimum Gasteiger partial charge on any atom is -0.421 e. The highest BCUT2D eigenvalue weighted by atomic mass is 16.4. The molecule has 8 heteroatoms. The summed E-state index contributed by atoms with van der Waals surface area (Å²) in [5.41, 5.74) is 11.9. The Morgan fingerprint density at radius 1 is 0.967 bits per heavy atom. The summed E-state index contributed by atoms with van der Waals surface area (Å²) in [6.07, 6.45) is 1.82. The second kappa shape index (κ2) is 7.64. The van der Waals surface area contributed by atoms with Crippen LogP contribution < -0.4 is 16.0 Å². The molecule has 0 amide bonds. The highest BCUT2D eigenvalue weighted by Crippen LogP contribution is 2.31. The molecular weight excluding hydrogens is 378 g/mol. The topological polar surface area (TPSA) is 109 Å². The van der Waals surface area contributed by atoms with Crippen molar-refractivity contribution >= 4 is 11.5 Å². The van der Waals surface area contributed by atoms with Gasteiger partial charge in [0, 0.05) is 61.7 Å². The van der Waals surface area contributed by atoms with Crippen LogP contribution in [-0.2, 0) is 0 Å². The largest absolute Gasteiger partial charge is 0.421 e. The molecule has 1 fully saturated rings. The van der Waals surface area contributed by atoms with Gasteiger partial charge in [0.15, 0.2) is 0 Å². The summed E-state index contributed by atoms with van der Waals surface area (Å²) in [4.78, 5) is 10.3. The molecular formula is C22H23N7O. The Morgan fingerprint density at radius 3 is 2.47 bits per heavy atom. The summed E-state index contributed by atoms with van der Waals surface area (Å²) in [6, 6.07) is 14.0. The third-order valence-corrected chi connectivity index (χ3v) is 5.28. The maximum atomic E-state index is 6.30. The molecule has 4 heterocycles. The molecule has 8 nitrogen and oxygen atoms in total. The highest BCUT2D eigenvalue weighted by Gasteiger charge is 2.17. The van der Waals surface area contributed by atoms with Gasteiger partial charge in [0.25, 0.3) is 0 Å². The lowest BCUT2D eigenvalue weighted by Crippen LogP contribution is -2.43. The number of rotatable bonds is 4.